The maximum absolute atomic E-state index is 5.73. The van der Waals surface area contributed by atoms with E-state index in [0.29, 0.717) is 31.6 Å². The molecule has 1 aromatic heterocycles. The summed E-state index contributed by atoms with van der Waals surface area (Å²) in [4.78, 5) is 12.5. The molecular weight excluding hydrogens is 511 g/mol. The summed E-state index contributed by atoms with van der Waals surface area (Å²) in [6.07, 6.45) is 2.94. The van der Waals surface area contributed by atoms with Gasteiger partial charge >= 0.3 is 0 Å². The van der Waals surface area contributed by atoms with E-state index in [4.69, 9.17) is 9.47 Å². The van der Waals surface area contributed by atoms with E-state index in [9.17, 15) is 0 Å². The Kier molecular flexibility index (Phi) is 11.3. The molecule has 164 valence electrons. The van der Waals surface area contributed by atoms with Crippen molar-refractivity contribution in [3.8, 4) is 5.88 Å². The van der Waals surface area contributed by atoms with Gasteiger partial charge in [0.05, 0.1) is 6.61 Å². The van der Waals surface area contributed by atoms with Gasteiger partial charge in [-0.2, -0.15) is 0 Å². The first-order valence-corrected chi connectivity index (χ1v) is 11.0. The van der Waals surface area contributed by atoms with E-state index >= 15 is 0 Å². The molecule has 6 nitrogen and oxygen atoms in total. The number of ether oxygens (including phenoxy) is 2. The molecule has 1 unspecified atom stereocenters. The lowest BCUT2D eigenvalue weighted by atomic mass is 10.2. The molecule has 0 bridgehead atoms. The molecule has 8 heteroatoms. The van der Waals surface area contributed by atoms with Crippen LogP contribution in [0.4, 0.5) is 0 Å². The molecule has 1 atom stereocenters. The summed E-state index contributed by atoms with van der Waals surface area (Å²) < 4.78 is 10.8. The van der Waals surface area contributed by atoms with Crippen molar-refractivity contribution in [1.29, 1.82) is 0 Å². The van der Waals surface area contributed by atoms with E-state index in [1.165, 1.54) is 11.3 Å². The highest BCUT2D eigenvalue weighted by Crippen LogP contribution is 2.26. The predicted molar refractivity (Wildman–Crippen MR) is 134 cm³/mol. The van der Waals surface area contributed by atoms with Crippen LogP contribution in [0.1, 0.15) is 12.0 Å². The fourth-order valence-electron chi connectivity index (χ4n) is 3.31. The van der Waals surface area contributed by atoms with Gasteiger partial charge in [-0.15, -0.1) is 35.7 Å². The number of thioether (sulfide) groups is 1. The van der Waals surface area contributed by atoms with Gasteiger partial charge in [0.1, 0.15) is 6.61 Å². The highest BCUT2D eigenvalue weighted by molar-refractivity contribution is 14.0. The number of methoxy groups -OCH3 is 1. The maximum atomic E-state index is 5.73. The zero-order chi connectivity index (χ0) is 20.3. The standard InChI is InChI=1S/C22H30N4O2S.HI/c1-23-22(25-15-19-7-6-11-24-21(19)28-14-13-27-2)26-12-10-18(16-26)17-29-20-8-4-3-5-9-20;/h3-9,11,18H,10,12-17H2,1-2H3,(H,23,25);1H. The van der Waals surface area contributed by atoms with Crippen LogP contribution in [0.2, 0.25) is 0 Å². The minimum absolute atomic E-state index is 0. The molecule has 1 fully saturated rings. The molecule has 1 N–H and O–H groups in total. The summed E-state index contributed by atoms with van der Waals surface area (Å²) in [5.74, 6) is 3.39. The molecule has 0 spiro atoms. The Balaban J connectivity index is 0.00000320. The zero-order valence-electron chi connectivity index (χ0n) is 17.6. The van der Waals surface area contributed by atoms with Gasteiger partial charge in [0.25, 0.3) is 0 Å². The molecule has 0 radical (unpaired) electrons. The van der Waals surface area contributed by atoms with Crippen molar-refractivity contribution in [3.05, 3.63) is 54.2 Å². The van der Waals surface area contributed by atoms with Crippen LogP contribution < -0.4 is 10.1 Å². The average Bonchev–Trinajstić information content (AvgIpc) is 3.23. The third-order valence-corrected chi connectivity index (χ3v) is 6.08. The molecule has 2 aromatic rings. The van der Waals surface area contributed by atoms with E-state index in [1.807, 2.05) is 30.9 Å². The Morgan fingerprint density at radius 3 is 2.83 bits per heavy atom. The van der Waals surface area contributed by atoms with Crippen molar-refractivity contribution in [2.45, 2.75) is 17.9 Å². The SMILES string of the molecule is CN=C(NCc1cccnc1OCCOC)N1CCC(CSc2ccccc2)C1.I. The number of halogens is 1. The number of aromatic nitrogens is 1. The number of nitrogens with zero attached hydrogens (tertiary/aromatic N) is 3. The Hall–Kier alpha value is -1.52. The van der Waals surface area contributed by atoms with Crippen molar-refractivity contribution >= 4 is 41.7 Å². The normalized spacial score (nSPS) is 16.3. The van der Waals surface area contributed by atoms with Crippen LogP contribution >= 0.6 is 35.7 Å². The molecule has 2 heterocycles. The molecule has 0 amide bonds. The molecule has 0 aliphatic carbocycles. The number of hydrogen-bond acceptors (Lipinski definition) is 5. The molecular formula is C22H31IN4O2S. The minimum Gasteiger partial charge on any atom is -0.475 e. The van der Waals surface area contributed by atoms with Gasteiger partial charge in [0.2, 0.25) is 5.88 Å². The Morgan fingerprint density at radius 2 is 2.07 bits per heavy atom. The van der Waals surface area contributed by atoms with E-state index in [0.717, 1.165) is 30.4 Å². The van der Waals surface area contributed by atoms with Crippen LogP contribution in [0.15, 0.2) is 58.5 Å². The van der Waals surface area contributed by atoms with Crippen LogP contribution in [0.25, 0.3) is 0 Å². The summed E-state index contributed by atoms with van der Waals surface area (Å²) in [6.45, 7) is 3.72. The summed E-state index contributed by atoms with van der Waals surface area (Å²) >= 11 is 1.94. The highest BCUT2D eigenvalue weighted by atomic mass is 127. The van der Waals surface area contributed by atoms with E-state index in [2.05, 4.69) is 50.5 Å². The number of hydrogen-bond donors (Lipinski definition) is 1. The second-order valence-corrected chi connectivity index (χ2v) is 8.03. The molecule has 0 saturated carbocycles. The van der Waals surface area contributed by atoms with Gasteiger partial charge in [-0.3, -0.25) is 4.99 Å². The molecule has 1 aliphatic heterocycles. The number of pyridine rings is 1. The van der Waals surface area contributed by atoms with Crippen LogP contribution in [-0.2, 0) is 11.3 Å². The highest BCUT2D eigenvalue weighted by Gasteiger charge is 2.25. The van der Waals surface area contributed by atoms with Crippen LogP contribution in [0.3, 0.4) is 0 Å². The van der Waals surface area contributed by atoms with Crippen molar-refractivity contribution in [2.24, 2.45) is 10.9 Å². The van der Waals surface area contributed by atoms with Crippen molar-refractivity contribution in [3.63, 3.8) is 0 Å². The largest absolute Gasteiger partial charge is 0.475 e. The zero-order valence-corrected chi connectivity index (χ0v) is 20.8. The second-order valence-electron chi connectivity index (χ2n) is 6.93. The number of likely N-dealkylation sites (tertiary alicyclic amines) is 1. The first-order valence-electron chi connectivity index (χ1n) is 9.99. The van der Waals surface area contributed by atoms with Gasteiger partial charge in [0, 0.05) is 56.2 Å². The lowest BCUT2D eigenvalue weighted by Gasteiger charge is -2.22. The molecule has 1 aliphatic rings. The predicted octanol–water partition coefficient (Wildman–Crippen LogP) is 3.91. The Labute approximate surface area is 200 Å². The molecule has 1 aromatic carbocycles. The van der Waals surface area contributed by atoms with Crippen molar-refractivity contribution in [1.82, 2.24) is 15.2 Å². The van der Waals surface area contributed by atoms with Gasteiger partial charge in [-0.05, 0) is 30.5 Å². The van der Waals surface area contributed by atoms with Gasteiger partial charge in [-0.1, -0.05) is 24.3 Å². The third-order valence-electron chi connectivity index (χ3n) is 4.84. The topological polar surface area (TPSA) is 59.0 Å². The lowest BCUT2D eigenvalue weighted by molar-refractivity contribution is 0.143. The smallest absolute Gasteiger partial charge is 0.218 e. The van der Waals surface area contributed by atoms with Gasteiger partial charge in [-0.25, -0.2) is 4.98 Å². The summed E-state index contributed by atoms with van der Waals surface area (Å²) in [5.41, 5.74) is 1.01. The first-order chi connectivity index (χ1) is 14.3. The van der Waals surface area contributed by atoms with E-state index in [-0.39, 0.29) is 24.0 Å². The Morgan fingerprint density at radius 1 is 1.23 bits per heavy atom. The van der Waals surface area contributed by atoms with Gasteiger partial charge in [0.15, 0.2) is 5.96 Å². The van der Waals surface area contributed by atoms with Crippen LogP contribution in [0, 0.1) is 5.92 Å². The quantitative estimate of drug-likeness (QED) is 0.171. The number of nitrogens with one attached hydrogen (secondary N) is 1. The lowest BCUT2D eigenvalue weighted by Crippen LogP contribution is -2.39. The number of aliphatic imine (C=N–C) groups is 1. The van der Waals surface area contributed by atoms with E-state index < -0.39 is 0 Å². The monoisotopic (exact) mass is 542 g/mol. The average molecular weight is 542 g/mol. The number of rotatable bonds is 9. The number of guanidine groups is 1. The second kappa shape index (κ2) is 13.7. The van der Waals surface area contributed by atoms with Crippen LogP contribution in [-0.4, -0.2) is 62.1 Å². The molecule has 3 rings (SSSR count). The van der Waals surface area contributed by atoms with Crippen molar-refractivity contribution < 1.29 is 9.47 Å². The minimum atomic E-state index is 0. The summed E-state index contributed by atoms with van der Waals surface area (Å²) in [7, 11) is 3.50. The maximum Gasteiger partial charge on any atom is 0.218 e. The molecule has 30 heavy (non-hydrogen) atoms. The van der Waals surface area contributed by atoms with E-state index in [1.54, 1.807) is 13.3 Å². The fraction of sp³-hybridized carbons (Fsp3) is 0.455. The number of benzene rings is 1. The summed E-state index contributed by atoms with van der Waals surface area (Å²) in [6, 6.07) is 14.6. The van der Waals surface area contributed by atoms with Crippen LogP contribution in [0.5, 0.6) is 5.88 Å². The van der Waals surface area contributed by atoms with Gasteiger partial charge < -0.3 is 19.7 Å². The molecule has 1 saturated heterocycles. The Bertz CT molecular complexity index is 779. The fourth-order valence-corrected chi connectivity index (χ4v) is 4.36. The first kappa shape index (κ1) is 24.7. The summed E-state index contributed by atoms with van der Waals surface area (Å²) in [5, 5.41) is 3.47. The third kappa shape index (κ3) is 7.63. The van der Waals surface area contributed by atoms with Crippen molar-refractivity contribution in [2.75, 3.05) is 46.2 Å².